The molecule has 0 atom stereocenters. The van der Waals surface area contributed by atoms with E-state index < -0.39 is 0 Å². The summed E-state index contributed by atoms with van der Waals surface area (Å²) in [6.45, 7) is 3.44. The van der Waals surface area contributed by atoms with Gasteiger partial charge in [0.2, 0.25) is 0 Å². The average Bonchev–Trinajstić information content (AvgIpc) is 2.84. The molecule has 0 bridgehead atoms. The maximum Gasteiger partial charge on any atom is 0.321 e. The first kappa shape index (κ1) is 20.2. The maximum absolute atomic E-state index is 12.9. The predicted molar refractivity (Wildman–Crippen MR) is 123 cm³/mol. The van der Waals surface area contributed by atoms with E-state index in [-0.39, 0.29) is 11.4 Å². The Morgan fingerprint density at radius 2 is 2.00 bits per heavy atom. The van der Waals surface area contributed by atoms with Gasteiger partial charge >= 0.3 is 6.03 Å². The molecule has 0 unspecified atom stereocenters. The number of nitrogens with zero attached hydrogens (tertiary/aromatic N) is 4. The molecule has 32 heavy (non-hydrogen) atoms. The van der Waals surface area contributed by atoms with Crippen molar-refractivity contribution >= 4 is 11.7 Å². The van der Waals surface area contributed by atoms with Crippen molar-refractivity contribution in [3.05, 3.63) is 77.2 Å². The number of anilines is 1. The number of amides is 2. The van der Waals surface area contributed by atoms with E-state index in [1.165, 1.54) is 16.7 Å². The lowest BCUT2D eigenvalue weighted by Crippen LogP contribution is -2.48. The van der Waals surface area contributed by atoms with Gasteiger partial charge in [0.05, 0.1) is 17.3 Å². The van der Waals surface area contributed by atoms with Crippen LogP contribution in [0, 0.1) is 11.3 Å². The van der Waals surface area contributed by atoms with Gasteiger partial charge in [0.1, 0.15) is 5.82 Å². The quantitative estimate of drug-likeness (QED) is 0.648. The van der Waals surface area contributed by atoms with Gasteiger partial charge in [-0.1, -0.05) is 37.3 Å². The number of aromatic nitrogens is 2. The summed E-state index contributed by atoms with van der Waals surface area (Å²) in [5.74, 6) is 0.876. The van der Waals surface area contributed by atoms with Crippen LogP contribution in [0.25, 0.3) is 11.3 Å². The van der Waals surface area contributed by atoms with E-state index in [2.05, 4.69) is 47.6 Å². The van der Waals surface area contributed by atoms with Crippen molar-refractivity contribution in [3.63, 3.8) is 0 Å². The SMILES string of the molecule is CCc1ncc2c(n1)-c1ccccc1C1(CCN(C(=O)Nc3cccc(C#N)c3)CC1)C2. The molecule has 2 heterocycles. The van der Waals surface area contributed by atoms with E-state index in [9.17, 15) is 4.79 Å². The van der Waals surface area contributed by atoms with Gasteiger partial charge in [-0.3, -0.25) is 0 Å². The van der Waals surface area contributed by atoms with Gasteiger partial charge in [0.25, 0.3) is 0 Å². The fourth-order valence-electron chi connectivity index (χ4n) is 5.04. The third kappa shape index (κ3) is 3.50. The Kier molecular flexibility index (Phi) is 5.10. The Hall–Kier alpha value is -3.72. The zero-order chi connectivity index (χ0) is 22.1. The highest BCUT2D eigenvalue weighted by Gasteiger charge is 2.42. The van der Waals surface area contributed by atoms with E-state index in [0.717, 1.165) is 37.2 Å². The van der Waals surface area contributed by atoms with Crippen LogP contribution >= 0.6 is 0 Å². The molecular formula is C26H25N5O. The lowest BCUT2D eigenvalue weighted by molar-refractivity contribution is 0.166. The second kappa shape index (κ2) is 8.08. The molecule has 1 aliphatic carbocycles. The van der Waals surface area contributed by atoms with Crippen molar-refractivity contribution in [3.8, 4) is 17.3 Å². The number of urea groups is 1. The maximum atomic E-state index is 12.9. The van der Waals surface area contributed by atoms with Crippen molar-refractivity contribution in [2.24, 2.45) is 0 Å². The van der Waals surface area contributed by atoms with E-state index in [1.807, 2.05) is 17.2 Å². The Morgan fingerprint density at radius 3 is 2.78 bits per heavy atom. The van der Waals surface area contributed by atoms with Crippen LogP contribution in [-0.2, 0) is 18.3 Å². The number of nitriles is 1. The Bertz CT molecular complexity index is 1220. The molecule has 6 nitrogen and oxygen atoms in total. The molecule has 2 aliphatic rings. The molecule has 3 aromatic rings. The Morgan fingerprint density at radius 1 is 1.19 bits per heavy atom. The molecule has 1 aromatic heterocycles. The molecule has 1 saturated heterocycles. The summed E-state index contributed by atoms with van der Waals surface area (Å²) >= 11 is 0. The Balaban J connectivity index is 1.36. The second-order valence-corrected chi connectivity index (χ2v) is 8.63. The predicted octanol–water partition coefficient (Wildman–Crippen LogP) is 4.70. The van der Waals surface area contributed by atoms with Crippen LogP contribution in [0.15, 0.2) is 54.7 Å². The van der Waals surface area contributed by atoms with Gasteiger partial charge in [-0.15, -0.1) is 0 Å². The first-order valence-electron chi connectivity index (χ1n) is 11.1. The fourth-order valence-corrected chi connectivity index (χ4v) is 5.04. The first-order valence-corrected chi connectivity index (χ1v) is 11.1. The normalized spacial score (nSPS) is 16.1. The van der Waals surface area contributed by atoms with Crippen LogP contribution < -0.4 is 5.32 Å². The summed E-state index contributed by atoms with van der Waals surface area (Å²) in [7, 11) is 0. The number of benzene rings is 2. The van der Waals surface area contributed by atoms with Crippen molar-refractivity contribution < 1.29 is 4.79 Å². The molecule has 1 spiro atoms. The highest BCUT2D eigenvalue weighted by Crippen LogP contribution is 2.47. The molecule has 2 aromatic carbocycles. The molecule has 5 rings (SSSR count). The van der Waals surface area contributed by atoms with Gasteiger partial charge in [-0.05, 0) is 48.6 Å². The largest absolute Gasteiger partial charge is 0.324 e. The van der Waals surface area contributed by atoms with Gasteiger partial charge in [0, 0.05) is 42.4 Å². The van der Waals surface area contributed by atoms with Crippen molar-refractivity contribution in [1.29, 1.82) is 5.26 Å². The third-order valence-corrected chi connectivity index (χ3v) is 6.76. The number of carbonyl (C=O) groups excluding carboxylic acids is 1. The van der Waals surface area contributed by atoms with Crippen LogP contribution in [0.5, 0.6) is 0 Å². The van der Waals surface area contributed by atoms with Crippen LogP contribution in [-0.4, -0.2) is 34.0 Å². The van der Waals surface area contributed by atoms with Crippen molar-refractivity contribution in [1.82, 2.24) is 14.9 Å². The van der Waals surface area contributed by atoms with Crippen LogP contribution in [0.4, 0.5) is 10.5 Å². The van der Waals surface area contributed by atoms with E-state index in [4.69, 9.17) is 10.2 Å². The molecular weight excluding hydrogens is 398 g/mol. The lowest BCUT2D eigenvalue weighted by atomic mass is 9.64. The minimum absolute atomic E-state index is 0.00180. The van der Waals surface area contributed by atoms with Gasteiger partial charge in [-0.25, -0.2) is 14.8 Å². The molecule has 160 valence electrons. The monoisotopic (exact) mass is 423 g/mol. The van der Waals surface area contributed by atoms with E-state index in [0.29, 0.717) is 24.3 Å². The molecule has 6 heteroatoms. The van der Waals surface area contributed by atoms with Gasteiger partial charge in [0.15, 0.2) is 0 Å². The summed E-state index contributed by atoms with van der Waals surface area (Å²) in [5, 5.41) is 12.0. The molecule has 0 saturated carbocycles. The van der Waals surface area contributed by atoms with Crippen molar-refractivity contribution in [2.75, 3.05) is 18.4 Å². The summed E-state index contributed by atoms with van der Waals surface area (Å²) in [6.07, 6.45) is 5.51. The average molecular weight is 424 g/mol. The van der Waals surface area contributed by atoms with Crippen molar-refractivity contribution in [2.45, 2.75) is 38.0 Å². The summed E-state index contributed by atoms with van der Waals surface area (Å²) in [5.41, 5.74) is 5.99. The number of piperidine rings is 1. The minimum Gasteiger partial charge on any atom is -0.324 e. The number of nitrogens with one attached hydrogen (secondary N) is 1. The second-order valence-electron chi connectivity index (χ2n) is 8.63. The first-order chi connectivity index (χ1) is 15.6. The minimum atomic E-state index is -0.115. The number of carbonyl (C=O) groups is 1. The lowest BCUT2D eigenvalue weighted by Gasteiger charge is -2.45. The molecule has 2 amide bonds. The Labute approximate surface area is 187 Å². The zero-order valence-corrected chi connectivity index (χ0v) is 18.1. The number of aryl methyl sites for hydroxylation is 1. The number of hydrogen-bond acceptors (Lipinski definition) is 4. The van der Waals surface area contributed by atoms with Crippen LogP contribution in [0.1, 0.15) is 42.3 Å². The third-order valence-electron chi connectivity index (χ3n) is 6.76. The van der Waals surface area contributed by atoms with Crippen LogP contribution in [0.2, 0.25) is 0 Å². The number of fused-ring (bicyclic) bond motifs is 4. The number of rotatable bonds is 2. The zero-order valence-electron chi connectivity index (χ0n) is 18.1. The topological polar surface area (TPSA) is 81.9 Å². The fraction of sp³-hybridized carbons (Fsp3) is 0.308. The smallest absolute Gasteiger partial charge is 0.321 e. The highest BCUT2D eigenvalue weighted by atomic mass is 16.2. The highest BCUT2D eigenvalue weighted by molar-refractivity contribution is 5.89. The number of likely N-dealkylation sites (tertiary alicyclic amines) is 1. The van der Waals surface area contributed by atoms with E-state index >= 15 is 0 Å². The summed E-state index contributed by atoms with van der Waals surface area (Å²) in [6, 6.07) is 17.6. The summed E-state index contributed by atoms with van der Waals surface area (Å²) < 4.78 is 0. The number of hydrogen-bond donors (Lipinski definition) is 1. The van der Waals surface area contributed by atoms with Gasteiger partial charge in [-0.2, -0.15) is 5.26 Å². The van der Waals surface area contributed by atoms with Crippen LogP contribution in [0.3, 0.4) is 0 Å². The molecule has 1 aliphatic heterocycles. The standard InChI is InChI=1S/C26H25N5O/c1-2-23-28-17-19-15-26(22-9-4-3-8-21(22)24(19)30-23)10-12-31(13-11-26)25(32)29-20-7-5-6-18(14-20)16-27/h3-9,14,17H,2,10-13,15H2,1H3,(H,29,32). The molecule has 1 fully saturated rings. The molecule has 0 radical (unpaired) electrons. The van der Waals surface area contributed by atoms with E-state index in [1.54, 1.807) is 18.2 Å². The summed E-state index contributed by atoms with van der Waals surface area (Å²) in [4.78, 5) is 24.1. The molecule has 1 N–H and O–H groups in total. The van der Waals surface area contributed by atoms with Gasteiger partial charge < -0.3 is 10.2 Å².